The van der Waals surface area contributed by atoms with Crippen LogP contribution in [0.15, 0.2) is 59.8 Å². The highest BCUT2D eigenvalue weighted by Crippen LogP contribution is 2.25. The average Bonchev–Trinajstić information content (AvgIpc) is 2.46. The van der Waals surface area contributed by atoms with Crippen molar-refractivity contribution in [2.45, 2.75) is 10.6 Å². The molecule has 0 saturated heterocycles. The predicted octanol–water partition coefficient (Wildman–Crippen LogP) is 4.58. The molecule has 0 fully saturated rings. The second-order valence-electron chi connectivity index (χ2n) is 4.13. The Kier molecular flexibility index (Phi) is 3.67. The molecule has 1 aromatic heterocycles. The van der Waals surface area contributed by atoms with Gasteiger partial charge in [-0.1, -0.05) is 41.9 Å². The molecule has 2 aromatic carbocycles. The molecule has 0 N–H and O–H groups in total. The number of hydrogen-bond donors (Lipinski definition) is 0. The van der Waals surface area contributed by atoms with Crippen molar-refractivity contribution < 1.29 is 0 Å². The summed E-state index contributed by atoms with van der Waals surface area (Å²) in [6, 6.07) is 14.8. The predicted molar refractivity (Wildman–Crippen MR) is 80.6 cm³/mol. The average molecular weight is 287 g/mol. The lowest BCUT2D eigenvalue weighted by Gasteiger charge is -2.03. The molecule has 3 aromatic rings. The fraction of sp³-hybridized carbons (Fsp3) is 0.0667. The topological polar surface area (TPSA) is 25.8 Å². The Morgan fingerprint density at radius 1 is 0.947 bits per heavy atom. The van der Waals surface area contributed by atoms with Gasteiger partial charge in [0.15, 0.2) is 0 Å². The van der Waals surface area contributed by atoms with Crippen LogP contribution in [0.2, 0.25) is 5.15 Å². The maximum Gasteiger partial charge on any atom is 0.147 e. The molecule has 0 radical (unpaired) electrons. The second-order valence-corrected chi connectivity index (χ2v) is 5.56. The van der Waals surface area contributed by atoms with Crippen LogP contribution in [0.4, 0.5) is 0 Å². The van der Waals surface area contributed by atoms with E-state index in [1.54, 1.807) is 24.2 Å². The van der Waals surface area contributed by atoms with Gasteiger partial charge in [0, 0.05) is 10.6 Å². The summed E-state index contributed by atoms with van der Waals surface area (Å²) >= 11 is 7.46. The molecule has 0 bridgehead atoms. The largest absolute Gasteiger partial charge is 0.256 e. The van der Waals surface area contributed by atoms with Gasteiger partial charge in [-0.15, -0.1) is 11.8 Å². The van der Waals surface area contributed by atoms with Gasteiger partial charge in [0.1, 0.15) is 5.15 Å². The van der Waals surface area contributed by atoms with Gasteiger partial charge >= 0.3 is 0 Å². The Hall–Kier alpha value is -1.58. The Bertz CT molecular complexity index is 698. The fourth-order valence-corrected chi connectivity index (χ4v) is 2.76. The summed E-state index contributed by atoms with van der Waals surface area (Å²) in [7, 11) is 0. The lowest BCUT2D eigenvalue weighted by Crippen LogP contribution is -1.88. The zero-order chi connectivity index (χ0) is 13.1. The summed E-state index contributed by atoms with van der Waals surface area (Å²) in [6.07, 6.45) is 3.30. The van der Waals surface area contributed by atoms with E-state index in [2.05, 4.69) is 52.4 Å². The molecule has 0 atom stereocenters. The van der Waals surface area contributed by atoms with Crippen molar-refractivity contribution in [1.82, 2.24) is 9.97 Å². The van der Waals surface area contributed by atoms with E-state index in [9.17, 15) is 0 Å². The smallest absolute Gasteiger partial charge is 0.147 e. The van der Waals surface area contributed by atoms with Crippen molar-refractivity contribution in [1.29, 1.82) is 0 Å². The molecule has 19 heavy (non-hydrogen) atoms. The first-order chi connectivity index (χ1) is 9.31. The summed E-state index contributed by atoms with van der Waals surface area (Å²) in [6.45, 7) is 0. The Labute approximate surface area is 120 Å². The van der Waals surface area contributed by atoms with Gasteiger partial charge in [0.25, 0.3) is 0 Å². The van der Waals surface area contributed by atoms with Crippen LogP contribution < -0.4 is 0 Å². The van der Waals surface area contributed by atoms with Gasteiger partial charge in [-0.2, -0.15) is 0 Å². The van der Waals surface area contributed by atoms with Gasteiger partial charge in [-0.25, -0.2) is 4.98 Å². The highest BCUT2D eigenvalue weighted by Gasteiger charge is 2.00. The number of nitrogens with zero attached hydrogens (tertiary/aromatic N) is 2. The van der Waals surface area contributed by atoms with Crippen molar-refractivity contribution >= 4 is 34.1 Å². The van der Waals surface area contributed by atoms with E-state index in [-0.39, 0.29) is 0 Å². The van der Waals surface area contributed by atoms with E-state index in [1.807, 2.05) is 0 Å². The summed E-state index contributed by atoms with van der Waals surface area (Å²) in [5.74, 6) is 0.794. The third-order valence-electron chi connectivity index (χ3n) is 2.78. The van der Waals surface area contributed by atoms with Crippen molar-refractivity contribution in [2.75, 3.05) is 0 Å². The second kappa shape index (κ2) is 5.59. The van der Waals surface area contributed by atoms with Crippen LogP contribution in [0.25, 0.3) is 10.8 Å². The number of benzene rings is 2. The van der Waals surface area contributed by atoms with Crippen LogP contribution in [-0.4, -0.2) is 9.97 Å². The molecule has 0 saturated carbocycles. The molecule has 0 aliphatic heterocycles. The monoisotopic (exact) mass is 286 g/mol. The number of halogens is 1. The summed E-state index contributed by atoms with van der Waals surface area (Å²) in [5, 5.41) is 2.95. The molecule has 0 aliphatic carbocycles. The molecule has 0 aliphatic rings. The standard InChI is InChI=1S/C15H11ClN2S/c16-15-9-17-13(8-18-15)10-19-14-6-5-11-3-1-2-4-12(11)7-14/h1-9H,10H2. The highest BCUT2D eigenvalue weighted by atomic mass is 35.5. The Morgan fingerprint density at radius 3 is 2.58 bits per heavy atom. The third kappa shape index (κ3) is 3.06. The maximum atomic E-state index is 5.71. The number of hydrogen-bond acceptors (Lipinski definition) is 3. The Morgan fingerprint density at radius 2 is 1.79 bits per heavy atom. The molecule has 0 unspecified atom stereocenters. The normalized spacial score (nSPS) is 10.8. The lowest BCUT2D eigenvalue weighted by molar-refractivity contribution is 1.10. The lowest BCUT2D eigenvalue weighted by atomic mass is 10.1. The van der Waals surface area contributed by atoms with E-state index in [1.165, 1.54) is 15.7 Å². The maximum absolute atomic E-state index is 5.71. The number of aromatic nitrogens is 2. The number of rotatable bonds is 3. The van der Waals surface area contributed by atoms with Crippen LogP contribution in [-0.2, 0) is 5.75 Å². The first-order valence-corrected chi connectivity index (χ1v) is 7.26. The van der Waals surface area contributed by atoms with Crippen LogP contribution in [0.1, 0.15) is 5.69 Å². The quantitative estimate of drug-likeness (QED) is 0.659. The van der Waals surface area contributed by atoms with E-state index in [0.717, 1.165) is 11.4 Å². The zero-order valence-electron chi connectivity index (χ0n) is 10.1. The number of fused-ring (bicyclic) bond motifs is 1. The zero-order valence-corrected chi connectivity index (χ0v) is 11.7. The van der Waals surface area contributed by atoms with E-state index < -0.39 is 0 Å². The SMILES string of the molecule is Clc1cnc(CSc2ccc3ccccc3c2)cn1. The minimum absolute atomic E-state index is 0.430. The minimum atomic E-state index is 0.430. The Balaban J connectivity index is 1.76. The van der Waals surface area contributed by atoms with E-state index in [0.29, 0.717) is 5.15 Å². The van der Waals surface area contributed by atoms with Crippen molar-refractivity contribution in [3.63, 3.8) is 0 Å². The van der Waals surface area contributed by atoms with Gasteiger partial charge in [0.05, 0.1) is 18.1 Å². The van der Waals surface area contributed by atoms with Gasteiger partial charge < -0.3 is 0 Å². The molecule has 0 amide bonds. The van der Waals surface area contributed by atoms with Crippen molar-refractivity contribution in [2.24, 2.45) is 0 Å². The van der Waals surface area contributed by atoms with Crippen molar-refractivity contribution in [3.8, 4) is 0 Å². The van der Waals surface area contributed by atoms with Crippen LogP contribution in [0.5, 0.6) is 0 Å². The van der Waals surface area contributed by atoms with Gasteiger partial charge in [-0.3, -0.25) is 4.98 Å². The van der Waals surface area contributed by atoms with Crippen LogP contribution >= 0.6 is 23.4 Å². The molecular weight excluding hydrogens is 276 g/mol. The van der Waals surface area contributed by atoms with Gasteiger partial charge in [0.2, 0.25) is 0 Å². The van der Waals surface area contributed by atoms with Crippen molar-refractivity contribution in [3.05, 3.63) is 65.7 Å². The van der Waals surface area contributed by atoms with E-state index in [4.69, 9.17) is 11.6 Å². The first-order valence-electron chi connectivity index (χ1n) is 5.89. The summed E-state index contributed by atoms with van der Waals surface area (Å²) in [5.41, 5.74) is 0.933. The molecule has 1 heterocycles. The molecule has 94 valence electrons. The minimum Gasteiger partial charge on any atom is -0.256 e. The first kappa shape index (κ1) is 12.5. The summed E-state index contributed by atoms with van der Waals surface area (Å²) in [4.78, 5) is 9.50. The fourth-order valence-electron chi connectivity index (χ4n) is 1.83. The third-order valence-corrected chi connectivity index (χ3v) is 4.00. The molecule has 2 nitrogen and oxygen atoms in total. The van der Waals surface area contributed by atoms with Crippen LogP contribution in [0.3, 0.4) is 0 Å². The number of thioether (sulfide) groups is 1. The summed E-state index contributed by atoms with van der Waals surface area (Å²) < 4.78 is 0. The van der Waals surface area contributed by atoms with Crippen LogP contribution in [0, 0.1) is 0 Å². The highest BCUT2D eigenvalue weighted by molar-refractivity contribution is 7.98. The molecule has 0 spiro atoms. The van der Waals surface area contributed by atoms with E-state index >= 15 is 0 Å². The molecule has 3 rings (SSSR count). The molecular formula is C15H11ClN2S. The molecule has 4 heteroatoms. The van der Waals surface area contributed by atoms with Gasteiger partial charge in [-0.05, 0) is 22.9 Å².